The molecule has 0 amide bonds. The highest BCUT2D eigenvalue weighted by Gasteiger charge is 2.33. The number of halogens is 1. The number of hydrogen-bond donors (Lipinski definition) is 1. The van der Waals surface area contributed by atoms with Crippen LogP contribution in [-0.2, 0) is 4.57 Å². The van der Waals surface area contributed by atoms with Gasteiger partial charge in [0, 0.05) is 15.1 Å². The van der Waals surface area contributed by atoms with Crippen molar-refractivity contribution in [1.82, 2.24) is 0 Å². The van der Waals surface area contributed by atoms with Crippen LogP contribution in [0.25, 0.3) is 0 Å². The average molecular weight is 373 g/mol. The molecule has 0 aliphatic rings. The predicted octanol–water partition coefficient (Wildman–Crippen LogP) is 3.79. The fraction of sp³-hybridized carbons (Fsp3) is 0. The molecule has 22 heavy (non-hydrogen) atoms. The van der Waals surface area contributed by atoms with E-state index in [-0.39, 0.29) is 5.75 Å². The van der Waals surface area contributed by atoms with Crippen LogP contribution in [0, 0.1) is 0 Å². The van der Waals surface area contributed by atoms with Crippen molar-refractivity contribution in [2.24, 2.45) is 0 Å². The van der Waals surface area contributed by atoms with Gasteiger partial charge in [-0.25, -0.2) is 0 Å². The second-order valence-corrected chi connectivity index (χ2v) is 8.44. The minimum absolute atomic E-state index is 0.0328. The van der Waals surface area contributed by atoms with Crippen LogP contribution in [0.1, 0.15) is 0 Å². The molecule has 0 spiro atoms. The van der Waals surface area contributed by atoms with Crippen molar-refractivity contribution in [2.45, 2.75) is 0 Å². The number of rotatable bonds is 3. The molecular weight excluding hydrogens is 359 g/mol. The number of hydrogen-bond acceptors (Lipinski definition) is 2. The zero-order valence-electron chi connectivity index (χ0n) is 11.7. The first-order valence-corrected chi connectivity index (χ1v) is 9.33. The highest BCUT2D eigenvalue weighted by atomic mass is 79.9. The van der Waals surface area contributed by atoms with Gasteiger partial charge < -0.3 is 9.67 Å². The molecule has 4 heteroatoms. The lowest BCUT2D eigenvalue weighted by Crippen LogP contribution is -2.26. The minimum atomic E-state index is -3.15. The molecule has 0 radical (unpaired) electrons. The molecule has 3 aromatic carbocycles. The van der Waals surface area contributed by atoms with Gasteiger partial charge in [-0.2, -0.15) is 0 Å². The van der Waals surface area contributed by atoms with Crippen molar-refractivity contribution < 1.29 is 9.67 Å². The molecule has 0 saturated heterocycles. The normalized spacial score (nSPS) is 11.3. The van der Waals surface area contributed by atoms with Crippen molar-refractivity contribution in [1.29, 1.82) is 0 Å². The molecule has 2 nitrogen and oxygen atoms in total. The van der Waals surface area contributed by atoms with E-state index < -0.39 is 7.14 Å². The Labute approximate surface area is 137 Å². The van der Waals surface area contributed by atoms with E-state index in [1.165, 1.54) is 0 Å². The second kappa shape index (κ2) is 6.12. The van der Waals surface area contributed by atoms with Crippen LogP contribution in [0.2, 0.25) is 0 Å². The Morgan fingerprint density at radius 3 is 1.68 bits per heavy atom. The summed E-state index contributed by atoms with van der Waals surface area (Å²) in [6.45, 7) is 0. The zero-order chi connectivity index (χ0) is 15.6. The van der Waals surface area contributed by atoms with Crippen molar-refractivity contribution in [3.63, 3.8) is 0 Å². The highest BCUT2D eigenvalue weighted by molar-refractivity contribution is 9.10. The summed E-state index contributed by atoms with van der Waals surface area (Å²) in [5, 5.41) is 12.2. The Hall–Kier alpha value is -1.83. The lowest BCUT2D eigenvalue weighted by Gasteiger charge is -2.22. The Kier molecular flexibility index (Phi) is 4.19. The number of benzene rings is 3. The molecule has 0 bridgehead atoms. The van der Waals surface area contributed by atoms with Gasteiger partial charge in [-0.1, -0.05) is 66.7 Å². The molecule has 0 saturated carbocycles. The first kappa shape index (κ1) is 15.1. The third-order valence-electron chi connectivity index (χ3n) is 3.52. The second-order valence-electron chi connectivity index (χ2n) is 4.89. The number of phenols is 1. The summed E-state index contributed by atoms with van der Waals surface area (Å²) in [5.41, 5.74) is 0. The van der Waals surface area contributed by atoms with Crippen LogP contribution in [0.15, 0.2) is 83.3 Å². The van der Waals surface area contributed by atoms with Crippen molar-refractivity contribution in [3.05, 3.63) is 83.3 Å². The van der Waals surface area contributed by atoms with Crippen LogP contribution >= 0.6 is 23.1 Å². The van der Waals surface area contributed by atoms with E-state index in [1.807, 2.05) is 60.7 Å². The standard InChI is InChI=1S/C18H14BrO2P/c19-16-12-7-13-17(20)18(16)22(21,14-8-3-1-4-9-14)15-10-5-2-6-11-15/h1-13,20H. The average Bonchev–Trinajstić information content (AvgIpc) is 2.56. The topological polar surface area (TPSA) is 37.3 Å². The van der Waals surface area contributed by atoms with Crippen molar-refractivity contribution in [2.75, 3.05) is 0 Å². The van der Waals surface area contributed by atoms with Crippen molar-refractivity contribution >= 4 is 39.0 Å². The van der Waals surface area contributed by atoms with Crippen molar-refractivity contribution in [3.8, 4) is 5.75 Å². The van der Waals surface area contributed by atoms with Gasteiger partial charge in [-0.05, 0) is 28.1 Å². The molecule has 0 aromatic heterocycles. The molecule has 3 rings (SSSR count). The molecule has 1 N–H and O–H groups in total. The Bertz CT molecular complexity index is 768. The summed E-state index contributed by atoms with van der Waals surface area (Å²) < 4.78 is 14.7. The van der Waals surface area contributed by atoms with Gasteiger partial charge in [-0.3, -0.25) is 0 Å². The fourth-order valence-electron chi connectivity index (χ4n) is 2.50. The summed E-state index contributed by atoms with van der Waals surface area (Å²) in [6.07, 6.45) is 0. The smallest absolute Gasteiger partial charge is 0.175 e. The van der Waals surface area contributed by atoms with Crippen LogP contribution in [-0.4, -0.2) is 5.11 Å². The third kappa shape index (κ3) is 2.51. The van der Waals surface area contributed by atoms with E-state index in [9.17, 15) is 9.67 Å². The third-order valence-corrected chi connectivity index (χ3v) is 7.64. The molecule has 0 aliphatic heterocycles. The lowest BCUT2D eigenvalue weighted by molar-refractivity contribution is 0.478. The van der Waals surface area contributed by atoms with E-state index in [1.54, 1.807) is 18.2 Å². The zero-order valence-corrected chi connectivity index (χ0v) is 14.2. The number of aromatic hydroxyl groups is 1. The summed E-state index contributed by atoms with van der Waals surface area (Å²) in [7, 11) is -3.15. The summed E-state index contributed by atoms with van der Waals surface area (Å²) in [6, 6.07) is 23.7. The first-order valence-electron chi connectivity index (χ1n) is 6.83. The van der Waals surface area contributed by atoms with Gasteiger partial charge in [0.2, 0.25) is 0 Å². The summed E-state index contributed by atoms with van der Waals surface area (Å²) >= 11 is 3.45. The largest absolute Gasteiger partial charge is 0.507 e. The van der Waals surface area contributed by atoms with E-state index in [0.717, 1.165) is 0 Å². The molecule has 0 heterocycles. The molecule has 110 valence electrons. The summed E-state index contributed by atoms with van der Waals surface area (Å²) in [5.74, 6) is 0.0328. The highest BCUT2D eigenvalue weighted by Crippen LogP contribution is 2.46. The SMILES string of the molecule is O=P(c1ccccc1)(c1ccccc1)c1c(O)cccc1Br. The van der Waals surface area contributed by atoms with Gasteiger partial charge in [0.15, 0.2) is 7.14 Å². The van der Waals surface area contributed by atoms with E-state index in [4.69, 9.17) is 0 Å². The van der Waals surface area contributed by atoms with Gasteiger partial charge in [0.1, 0.15) is 5.75 Å². The fourth-order valence-corrected chi connectivity index (χ4v) is 6.37. The number of phenolic OH excluding ortho intramolecular Hbond substituents is 1. The maximum Gasteiger partial charge on any atom is 0.175 e. The van der Waals surface area contributed by atoms with Crippen LogP contribution in [0.4, 0.5) is 0 Å². The Balaban J connectivity index is 2.37. The van der Waals surface area contributed by atoms with E-state index in [2.05, 4.69) is 15.9 Å². The maximum atomic E-state index is 14.1. The molecular formula is C18H14BrO2P. The first-order chi connectivity index (χ1) is 10.6. The quantitative estimate of drug-likeness (QED) is 0.710. The van der Waals surface area contributed by atoms with Crippen LogP contribution < -0.4 is 15.9 Å². The van der Waals surface area contributed by atoms with Crippen LogP contribution in [0.3, 0.4) is 0 Å². The molecule has 0 aliphatic carbocycles. The van der Waals surface area contributed by atoms with E-state index in [0.29, 0.717) is 20.4 Å². The maximum absolute atomic E-state index is 14.1. The molecule has 0 unspecified atom stereocenters. The lowest BCUT2D eigenvalue weighted by atomic mass is 10.3. The summed E-state index contributed by atoms with van der Waals surface area (Å²) in [4.78, 5) is 0. The molecule has 3 aromatic rings. The van der Waals surface area contributed by atoms with Crippen LogP contribution in [0.5, 0.6) is 5.75 Å². The monoisotopic (exact) mass is 372 g/mol. The van der Waals surface area contributed by atoms with Gasteiger partial charge in [0.25, 0.3) is 0 Å². The minimum Gasteiger partial charge on any atom is -0.507 e. The van der Waals surface area contributed by atoms with E-state index >= 15 is 0 Å². The predicted molar refractivity (Wildman–Crippen MR) is 95.2 cm³/mol. The van der Waals surface area contributed by atoms with Gasteiger partial charge in [-0.15, -0.1) is 0 Å². The van der Waals surface area contributed by atoms with Gasteiger partial charge in [0.05, 0.1) is 5.30 Å². The molecule has 0 fully saturated rings. The Morgan fingerprint density at radius 1 is 0.727 bits per heavy atom. The Morgan fingerprint density at radius 2 is 1.23 bits per heavy atom. The van der Waals surface area contributed by atoms with Gasteiger partial charge >= 0.3 is 0 Å². The molecule has 0 atom stereocenters.